The minimum atomic E-state index is -4.55. The minimum absolute atomic E-state index is 0.128. The average molecular weight is 250 g/mol. The third kappa shape index (κ3) is 2.95. The normalized spacial score (nSPS) is 12.9. The van der Waals surface area contributed by atoms with E-state index in [1.165, 1.54) is 6.07 Å². The summed E-state index contributed by atoms with van der Waals surface area (Å²) < 4.78 is 57.6. The number of halogens is 3. The van der Waals surface area contributed by atoms with Crippen molar-refractivity contribution in [3.05, 3.63) is 29.3 Å². The number of nitriles is 1. The van der Waals surface area contributed by atoms with Crippen LogP contribution in [0.2, 0.25) is 0 Å². The van der Waals surface area contributed by atoms with Crippen molar-refractivity contribution in [1.82, 2.24) is 0 Å². The molecule has 1 atom stereocenters. The maximum Gasteiger partial charge on any atom is 0.416 e. The SMILES string of the molecule is N#Cc1cc(C(F)(F)F)ccc1NS(=O)O. The zero-order valence-electron chi connectivity index (χ0n) is 7.58. The minimum Gasteiger partial charge on any atom is -0.289 e. The highest BCUT2D eigenvalue weighted by molar-refractivity contribution is 7.80. The van der Waals surface area contributed by atoms with Gasteiger partial charge in [0.1, 0.15) is 6.07 Å². The summed E-state index contributed by atoms with van der Waals surface area (Å²) >= 11 is -2.44. The summed E-state index contributed by atoms with van der Waals surface area (Å²) in [5, 5.41) is 8.58. The Morgan fingerprint density at radius 2 is 2.06 bits per heavy atom. The molecule has 1 rings (SSSR count). The summed E-state index contributed by atoms with van der Waals surface area (Å²) in [5.41, 5.74) is -1.47. The van der Waals surface area contributed by atoms with E-state index in [2.05, 4.69) is 0 Å². The molecule has 1 unspecified atom stereocenters. The van der Waals surface area contributed by atoms with E-state index >= 15 is 0 Å². The molecule has 0 aliphatic carbocycles. The van der Waals surface area contributed by atoms with Crippen molar-refractivity contribution in [2.75, 3.05) is 4.72 Å². The van der Waals surface area contributed by atoms with Gasteiger partial charge < -0.3 is 0 Å². The van der Waals surface area contributed by atoms with Crippen molar-refractivity contribution in [1.29, 1.82) is 5.26 Å². The highest BCUT2D eigenvalue weighted by atomic mass is 32.2. The lowest BCUT2D eigenvalue weighted by Crippen LogP contribution is -2.08. The van der Waals surface area contributed by atoms with Gasteiger partial charge in [0.25, 0.3) is 11.3 Å². The van der Waals surface area contributed by atoms with Gasteiger partial charge >= 0.3 is 6.18 Å². The van der Waals surface area contributed by atoms with E-state index in [-0.39, 0.29) is 11.3 Å². The van der Waals surface area contributed by atoms with Gasteiger partial charge in [-0.2, -0.15) is 18.4 Å². The quantitative estimate of drug-likeness (QED) is 0.789. The first kappa shape index (κ1) is 12.5. The molecule has 1 aromatic carbocycles. The standard InChI is InChI=1S/C8H5F3N2O2S/c9-8(10,11)6-1-2-7(13-16(14)15)5(3-6)4-12/h1-3,13H,(H,14,15). The van der Waals surface area contributed by atoms with Gasteiger partial charge in [-0.05, 0) is 18.2 Å². The van der Waals surface area contributed by atoms with E-state index < -0.39 is 23.0 Å². The van der Waals surface area contributed by atoms with Gasteiger partial charge in [0.2, 0.25) is 0 Å². The molecule has 4 nitrogen and oxygen atoms in total. The molecule has 0 spiro atoms. The van der Waals surface area contributed by atoms with Crippen LogP contribution in [0.1, 0.15) is 11.1 Å². The van der Waals surface area contributed by atoms with E-state index in [1.54, 1.807) is 0 Å². The lowest BCUT2D eigenvalue weighted by molar-refractivity contribution is -0.137. The summed E-state index contributed by atoms with van der Waals surface area (Å²) in [6, 6.07) is 3.76. The zero-order chi connectivity index (χ0) is 12.3. The zero-order valence-corrected chi connectivity index (χ0v) is 8.39. The monoisotopic (exact) mass is 250 g/mol. The van der Waals surface area contributed by atoms with E-state index in [1.807, 2.05) is 4.72 Å². The molecule has 16 heavy (non-hydrogen) atoms. The first-order valence-electron chi connectivity index (χ1n) is 3.83. The van der Waals surface area contributed by atoms with Gasteiger partial charge in [0, 0.05) is 0 Å². The third-order valence-corrected chi connectivity index (χ3v) is 2.06. The molecule has 86 valence electrons. The highest BCUT2D eigenvalue weighted by Crippen LogP contribution is 2.31. The summed E-state index contributed by atoms with van der Waals surface area (Å²) in [7, 11) is 0. The van der Waals surface area contributed by atoms with Crippen LogP contribution >= 0.6 is 0 Å². The maximum absolute atomic E-state index is 12.3. The van der Waals surface area contributed by atoms with Crippen LogP contribution in [-0.4, -0.2) is 8.76 Å². The van der Waals surface area contributed by atoms with Crippen LogP contribution in [0.4, 0.5) is 18.9 Å². The van der Waals surface area contributed by atoms with E-state index in [9.17, 15) is 17.4 Å². The van der Waals surface area contributed by atoms with E-state index in [0.717, 1.165) is 12.1 Å². The van der Waals surface area contributed by atoms with Gasteiger partial charge in [0.05, 0.1) is 16.8 Å². The van der Waals surface area contributed by atoms with Crippen molar-refractivity contribution >= 4 is 17.0 Å². The number of hydrogen-bond donors (Lipinski definition) is 2. The number of nitrogens with zero attached hydrogens (tertiary/aromatic N) is 1. The number of alkyl halides is 3. The molecule has 0 amide bonds. The highest BCUT2D eigenvalue weighted by Gasteiger charge is 2.31. The second kappa shape index (κ2) is 4.51. The molecular formula is C8H5F3N2O2S. The van der Waals surface area contributed by atoms with Crippen LogP contribution in [-0.2, 0) is 17.4 Å². The molecule has 0 saturated carbocycles. The fraction of sp³-hybridized carbons (Fsp3) is 0.125. The molecule has 0 aliphatic heterocycles. The van der Waals surface area contributed by atoms with Crippen LogP contribution in [0.25, 0.3) is 0 Å². The maximum atomic E-state index is 12.3. The fourth-order valence-electron chi connectivity index (χ4n) is 0.996. The second-order valence-corrected chi connectivity index (χ2v) is 3.42. The van der Waals surface area contributed by atoms with Crippen molar-refractivity contribution in [3.63, 3.8) is 0 Å². The lowest BCUT2D eigenvalue weighted by atomic mass is 10.1. The summed E-state index contributed by atoms with van der Waals surface area (Å²) in [5.74, 6) is 0. The number of anilines is 1. The van der Waals surface area contributed by atoms with Gasteiger partial charge in [0.15, 0.2) is 0 Å². The molecule has 0 aromatic heterocycles. The second-order valence-electron chi connectivity index (χ2n) is 2.72. The number of nitrogens with one attached hydrogen (secondary N) is 1. The largest absolute Gasteiger partial charge is 0.416 e. The van der Waals surface area contributed by atoms with Gasteiger partial charge in [-0.15, -0.1) is 0 Å². The summed E-state index contributed by atoms with van der Waals surface area (Å²) in [6.45, 7) is 0. The molecule has 0 heterocycles. The number of rotatable bonds is 2. The molecule has 0 aliphatic rings. The van der Waals surface area contributed by atoms with Gasteiger partial charge in [-0.1, -0.05) is 0 Å². The predicted octanol–water partition coefficient (Wildman–Crippen LogP) is 2.13. The molecule has 8 heteroatoms. The molecular weight excluding hydrogens is 245 g/mol. The lowest BCUT2D eigenvalue weighted by Gasteiger charge is -2.09. The third-order valence-electron chi connectivity index (χ3n) is 1.66. The Bertz CT molecular complexity index is 467. The van der Waals surface area contributed by atoms with Crippen molar-refractivity contribution in [2.24, 2.45) is 0 Å². The van der Waals surface area contributed by atoms with Crippen LogP contribution in [0, 0.1) is 11.3 Å². The van der Waals surface area contributed by atoms with Crippen LogP contribution in [0.15, 0.2) is 18.2 Å². The van der Waals surface area contributed by atoms with Crippen molar-refractivity contribution in [2.45, 2.75) is 6.18 Å². The van der Waals surface area contributed by atoms with Crippen molar-refractivity contribution in [3.8, 4) is 6.07 Å². The molecule has 0 fully saturated rings. The van der Waals surface area contributed by atoms with Gasteiger partial charge in [-0.3, -0.25) is 9.27 Å². The molecule has 0 bridgehead atoms. The Labute approximate surface area is 91.1 Å². The smallest absolute Gasteiger partial charge is 0.289 e. The Morgan fingerprint density at radius 3 is 2.50 bits per heavy atom. The summed E-state index contributed by atoms with van der Waals surface area (Å²) in [4.78, 5) is 0. The fourth-order valence-corrected chi connectivity index (χ4v) is 1.36. The molecule has 0 radical (unpaired) electrons. The van der Waals surface area contributed by atoms with Crippen LogP contribution < -0.4 is 4.72 Å². The van der Waals surface area contributed by atoms with Crippen LogP contribution in [0.5, 0.6) is 0 Å². The Hall–Kier alpha value is -1.59. The molecule has 0 saturated heterocycles. The average Bonchev–Trinajstić information content (AvgIpc) is 2.15. The first-order valence-corrected chi connectivity index (χ1v) is 4.94. The Balaban J connectivity index is 3.18. The van der Waals surface area contributed by atoms with E-state index in [4.69, 9.17) is 9.81 Å². The van der Waals surface area contributed by atoms with Gasteiger partial charge in [-0.25, -0.2) is 4.21 Å². The first-order chi connectivity index (χ1) is 7.34. The predicted molar refractivity (Wildman–Crippen MR) is 50.6 cm³/mol. The van der Waals surface area contributed by atoms with Crippen LogP contribution in [0.3, 0.4) is 0 Å². The number of hydrogen-bond acceptors (Lipinski definition) is 2. The Morgan fingerprint density at radius 1 is 1.44 bits per heavy atom. The summed E-state index contributed by atoms with van der Waals surface area (Å²) in [6.07, 6.45) is -4.55. The topological polar surface area (TPSA) is 73.1 Å². The van der Waals surface area contributed by atoms with Crippen molar-refractivity contribution < 1.29 is 21.9 Å². The van der Waals surface area contributed by atoms with E-state index in [0.29, 0.717) is 6.07 Å². The molecule has 2 N–H and O–H groups in total. The number of benzene rings is 1. The Kier molecular flexibility index (Phi) is 3.51. The molecule has 1 aromatic rings.